The van der Waals surface area contributed by atoms with Gasteiger partial charge in [-0.2, -0.15) is 0 Å². The topological polar surface area (TPSA) is 41.9 Å². The lowest BCUT2D eigenvalue weighted by Crippen LogP contribution is -2.42. The standard InChI is InChI=1S/C23H32N2O2/c1-15(2)18-10-9-16(3)13-21(18)27-23(26)25-12-11-24-22(25)20-14-19(20)17-7-5-4-6-8-17/h4-8,15-16,18-21H,9-14H2,1-3H3/t16-,18+,19+,20-,21-/m1/s1. The summed E-state index contributed by atoms with van der Waals surface area (Å²) < 4.78 is 6.07. The molecule has 2 aliphatic carbocycles. The fourth-order valence-electron chi connectivity index (χ4n) is 4.96. The molecule has 1 aromatic carbocycles. The lowest BCUT2D eigenvalue weighted by Gasteiger charge is -2.37. The number of aliphatic imine (C=N–C) groups is 1. The van der Waals surface area contributed by atoms with Gasteiger partial charge in [0.1, 0.15) is 11.9 Å². The maximum Gasteiger partial charge on any atom is 0.415 e. The van der Waals surface area contributed by atoms with Gasteiger partial charge in [-0.25, -0.2) is 4.79 Å². The van der Waals surface area contributed by atoms with E-state index in [2.05, 4.69) is 50.0 Å². The van der Waals surface area contributed by atoms with E-state index in [1.165, 1.54) is 12.0 Å². The van der Waals surface area contributed by atoms with Crippen LogP contribution in [0.3, 0.4) is 0 Å². The monoisotopic (exact) mass is 368 g/mol. The van der Waals surface area contributed by atoms with Gasteiger partial charge < -0.3 is 4.74 Å². The van der Waals surface area contributed by atoms with E-state index in [0.717, 1.165) is 25.1 Å². The molecule has 1 aliphatic heterocycles. The van der Waals surface area contributed by atoms with Crippen molar-refractivity contribution in [2.75, 3.05) is 13.1 Å². The number of carbonyl (C=O) groups excluding carboxylic acids is 1. The molecule has 1 heterocycles. The third-order valence-corrected chi connectivity index (χ3v) is 6.66. The molecule has 4 nitrogen and oxygen atoms in total. The highest BCUT2D eigenvalue weighted by atomic mass is 16.6. The van der Waals surface area contributed by atoms with Crippen molar-refractivity contribution >= 4 is 11.9 Å². The van der Waals surface area contributed by atoms with Gasteiger partial charge in [0.2, 0.25) is 0 Å². The molecule has 5 atom stereocenters. The largest absolute Gasteiger partial charge is 0.446 e. The van der Waals surface area contributed by atoms with Crippen LogP contribution in [-0.4, -0.2) is 36.0 Å². The molecule has 2 fully saturated rings. The molecule has 3 aliphatic rings. The third-order valence-electron chi connectivity index (χ3n) is 6.66. The second kappa shape index (κ2) is 7.65. The number of hydrogen-bond donors (Lipinski definition) is 0. The van der Waals surface area contributed by atoms with E-state index in [4.69, 9.17) is 4.74 Å². The molecule has 4 rings (SSSR count). The zero-order chi connectivity index (χ0) is 19.0. The van der Waals surface area contributed by atoms with Crippen molar-refractivity contribution in [1.29, 1.82) is 0 Å². The predicted molar refractivity (Wildman–Crippen MR) is 108 cm³/mol. The lowest BCUT2D eigenvalue weighted by molar-refractivity contribution is -0.00256. The van der Waals surface area contributed by atoms with Crippen LogP contribution in [0.25, 0.3) is 0 Å². The van der Waals surface area contributed by atoms with Gasteiger partial charge in [0.25, 0.3) is 0 Å². The SMILES string of the molecule is CC(C)[C@@H]1CC[C@@H](C)C[C@H]1OC(=O)N1CCN=C1[C@@H]1C[C@H]1c1ccccc1. The van der Waals surface area contributed by atoms with E-state index in [9.17, 15) is 4.79 Å². The minimum Gasteiger partial charge on any atom is -0.446 e. The predicted octanol–water partition coefficient (Wildman–Crippen LogP) is 5.10. The van der Waals surface area contributed by atoms with E-state index in [1.807, 2.05) is 11.0 Å². The van der Waals surface area contributed by atoms with Gasteiger partial charge >= 0.3 is 6.09 Å². The smallest absolute Gasteiger partial charge is 0.415 e. The Hall–Kier alpha value is -1.84. The van der Waals surface area contributed by atoms with Crippen molar-refractivity contribution in [2.45, 2.75) is 58.5 Å². The fourth-order valence-corrected chi connectivity index (χ4v) is 4.96. The van der Waals surface area contributed by atoms with Crippen molar-refractivity contribution in [2.24, 2.45) is 28.7 Å². The minimum atomic E-state index is -0.172. The van der Waals surface area contributed by atoms with Crippen LogP contribution in [0.15, 0.2) is 35.3 Å². The van der Waals surface area contributed by atoms with Gasteiger partial charge in [-0.3, -0.25) is 9.89 Å². The van der Waals surface area contributed by atoms with Gasteiger partial charge in [-0.15, -0.1) is 0 Å². The average Bonchev–Trinajstić information content (AvgIpc) is 3.30. The van der Waals surface area contributed by atoms with Gasteiger partial charge in [0.15, 0.2) is 0 Å². The number of amidine groups is 1. The molecule has 0 radical (unpaired) electrons. The number of rotatable bonds is 4. The Morgan fingerprint density at radius 2 is 1.93 bits per heavy atom. The average molecular weight is 369 g/mol. The van der Waals surface area contributed by atoms with Crippen LogP contribution in [0, 0.1) is 23.7 Å². The summed E-state index contributed by atoms with van der Waals surface area (Å²) in [6, 6.07) is 10.6. The molecule has 0 spiro atoms. The molecule has 0 aromatic heterocycles. The highest BCUT2D eigenvalue weighted by Crippen LogP contribution is 2.49. The van der Waals surface area contributed by atoms with Crippen molar-refractivity contribution in [3.05, 3.63) is 35.9 Å². The van der Waals surface area contributed by atoms with Crippen LogP contribution in [0.5, 0.6) is 0 Å². The summed E-state index contributed by atoms with van der Waals surface area (Å²) in [6.07, 6.45) is 4.36. The van der Waals surface area contributed by atoms with Gasteiger partial charge in [0.05, 0.1) is 13.1 Å². The molecule has 27 heavy (non-hydrogen) atoms. The molecule has 146 valence electrons. The normalized spacial score (nSPS) is 33.1. The summed E-state index contributed by atoms with van der Waals surface area (Å²) in [6.45, 7) is 8.14. The fraction of sp³-hybridized carbons (Fsp3) is 0.652. The number of ether oxygens (including phenoxy) is 1. The summed E-state index contributed by atoms with van der Waals surface area (Å²) >= 11 is 0. The van der Waals surface area contributed by atoms with Crippen LogP contribution in [-0.2, 0) is 4.74 Å². The van der Waals surface area contributed by atoms with Crippen LogP contribution >= 0.6 is 0 Å². The third kappa shape index (κ3) is 3.90. The molecular formula is C23H32N2O2. The number of benzene rings is 1. The van der Waals surface area contributed by atoms with Gasteiger partial charge in [-0.1, -0.05) is 57.5 Å². The molecule has 2 saturated carbocycles. The Labute approximate surface area is 163 Å². The molecule has 1 aromatic rings. The Bertz CT molecular complexity index is 700. The highest BCUT2D eigenvalue weighted by Gasteiger charge is 2.47. The van der Waals surface area contributed by atoms with Crippen molar-refractivity contribution in [3.63, 3.8) is 0 Å². The van der Waals surface area contributed by atoms with Crippen LogP contribution in [0.1, 0.15) is 57.9 Å². The summed E-state index contributed by atoms with van der Waals surface area (Å²) in [7, 11) is 0. The Balaban J connectivity index is 1.41. The van der Waals surface area contributed by atoms with E-state index in [0.29, 0.717) is 42.7 Å². The first-order valence-electron chi connectivity index (χ1n) is 10.6. The van der Waals surface area contributed by atoms with Crippen LogP contribution in [0.4, 0.5) is 4.79 Å². The van der Waals surface area contributed by atoms with E-state index in [1.54, 1.807) is 0 Å². The first kappa shape index (κ1) is 18.5. The summed E-state index contributed by atoms with van der Waals surface area (Å²) in [5, 5.41) is 0. The number of hydrogen-bond acceptors (Lipinski definition) is 3. The quantitative estimate of drug-likeness (QED) is 0.742. The summed E-state index contributed by atoms with van der Waals surface area (Å²) in [5.41, 5.74) is 1.35. The summed E-state index contributed by atoms with van der Waals surface area (Å²) in [4.78, 5) is 19.5. The first-order valence-corrected chi connectivity index (χ1v) is 10.6. The van der Waals surface area contributed by atoms with Gasteiger partial charge in [0, 0.05) is 5.92 Å². The number of carbonyl (C=O) groups is 1. The maximum atomic E-state index is 13.0. The first-order chi connectivity index (χ1) is 13.0. The lowest BCUT2D eigenvalue weighted by atomic mass is 9.75. The molecule has 1 amide bonds. The minimum absolute atomic E-state index is 0.0484. The number of amides is 1. The molecule has 0 N–H and O–H groups in total. The van der Waals surface area contributed by atoms with Crippen LogP contribution < -0.4 is 0 Å². The zero-order valence-corrected chi connectivity index (χ0v) is 16.8. The summed E-state index contributed by atoms with van der Waals surface area (Å²) in [5.74, 6) is 3.48. The molecule has 0 unspecified atom stereocenters. The van der Waals surface area contributed by atoms with Crippen molar-refractivity contribution < 1.29 is 9.53 Å². The second-order valence-electron chi connectivity index (χ2n) is 9.00. The zero-order valence-electron chi connectivity index (χ0n) is 16.8. The number of nitrogens with zero attached hydrogens (tertiary/aromatic N) is 2. The Morgan fingerprint density at radius 3 is 2.67 bits per heavy atom. The van der Waals surface area contributed by atoms with E-state index < -0.39 is 0 Å². The Morgan fingerprint density at radius 1 is 1.15 bits per heavy atom. The van der Waals surface area contributed by atoms with E-state index in [-0.39, 0.29) is 12.2 Å². The molecule has 0 saturated heterocycles. The van der Waals surface area contributed by atoms with Gasteiger partial charge in [-0.05, 0) is 48.5 Å². The maximum absolute atomic E-state index is 13.0. The van der Waals surface area contributed by atoms with E-state index >= 15 is 0 Å². The highest BCUT2D eigenvalue weighted by molar-refractivity contribution is 6.00. The molecule has 4 heteroatoms. The Kier molecular flexibility index (Phi) is 5.25. The van der Waals surface area contributed by atoms with Crippen molar-refractivity contribution in [3.8, 4) is 0 Å². The molecular weight excluding hydrogens is 336 g/mol. The molecule has 0 bridgehead atoms. The second-order valence-corrected chi connectivity index (χ2v) is 9.00. The van der Waals surface area contributed by atoms with Crippen molar-refractivity contribution in [1.82, 2.24) is 4.90 Å². The van der Waals surface area contributed by atoms with Crippen LogP contribution in [0.2, 0.25) is 0 Å².